The highest BCUT2D eigenvalue weighted by atomic mass is 16.2. The maximum absolute atomic E-state index is 11.8. The summed E-state index contributed by atoms with van der Waals surface area (Å²) in [4.78, 5) is 24.6. The maximum atomic E-state index is 11.8. The number of likely N-dealkylation sites (tertiary alicyclic amines) is 1. The second-order valence-corrected chi connectivity index (χ2v) is 5.32. The Morgan fingerprint density at radius 1 is 1.42 bits per heavy atom. The van der Waals surface area contributed by atoms with Gasteiger partial charge < -0.3 is 10.2 Å². The van der Waals surface area contributed by atoms with Crippen LogP contribution >= 0.6 is 0 Å². The Morgan fingerprint density at radius 3 is 2.79 bits per heavy atom. The van der Waals surface area contributed by atoms with E-state index >= 15 is 0 Å². The van der Waals surface area contributed by atoms with Crippen LogP contribution in [0.2, 0.25) is 0 Å². The zero-order valence-corrected chi connectivity index (χ0v) is 10.9. The molecule has 2 heterocycles. The molecule has 0 spiro atoms. The Balaban J connectivity index is 1.54. The minimum absolute atomic E-state index is 0.0683. The summed E-state index contributed by atoms with van der Waals surface area (Å²) in [5.74, 6) is 0.550. The number of nitrogens with one attached hydrogen (secondary N) is 1. The molecule has 7 nitrogen and oxygen atoms in total. The van der Waals surface area contributed by atoms with Crippen molar-refractivity contribution in [3.8, 4) is 0 Å². The minimum Gasteiger partial charge on any atom is -0.350 e. The fourth-order valence-corrected chi connectivity index (χ4v) is 2.09. The third kappa shape index (κ3) is 2.59. The van der Waals surface area contributed by atoms with Gasteiger partial charge in [-0.25, -0.2) is 4.68 Å². The number of hydrogen-bond donors (Lipinski definition) is 1. The Kier molecular flexibility index (Phi) is 2.96. The van der Waals surface area contributed by atoms with Crippen LogP contribution in [0.15, 0.2) is 6.20 Å². The second kappa shape index (κ2) is 4.64. The molecule has 0 radical (unpaired) electrons. The lowest BCUT2D eigenvalue weighted by Crippen LogP contribution is -2.50. The van der Waals surface area contributed by atoms with E-state index in [4.69, 9.17) is 0 Å². The van der Waals surface area contributed by atoms with Crippen molar-refractivity contribution in [2.45, 2.75) is 25.8 Å². The molecule has 1 saturated heterocycles. The normalized spacial score (nSPS) is 19.1. The van der Waals surface area contributed by atoms with Crippen LogP contribution in [-0.2, 0) is 4.79 Å². The Bertz CT molecular complexity index is 502. The topological polar surface area (TPSA) is 80.1 Å². The van der Waals surface area contributed by atoms with Crippen molar-refractivity contribution in [3.63, 3.8) is 0 Å². The van der Waals surface area contributed by atoms with Crippen LogP contribution in [0.1, 0.15) is 36.3 Å². The average molecular weight is 263 g/mol. The first-order chi connectivity index (χ1) is 9.13. The van der Waals surface area contributed by atoms with Gasteiger partial charge in [-0.2, -0.15) is 0 Å². The van der Waals surface area contributed by atoms with Gasteiger partial charge in [-0.15, -0.1) is 5.10 Å². The van der Waals surface area contributed by atoms with Gasteiger partial charge in [-0.05, 0) is 18.8 Å². The summed E-state index contributed by atoms with van der Waals surface area (Å²) < 4.78 is 1.67. The predicted octanol–water partition coefficient (Wildman–Crippen LogP) is -0.179. The van der Waals surface area contributed by atoms with Gasteiger partial charge >= 0.3 is 0 Å². The largest absolute Gasteiger partial charge is 0.350 e. The molecule has 2 aliphatic rings. The first-order valence-electron chi connectivity index (χ1n) is 6.59. The third-order valence-corrected chi connectivity index (χ3v) is 3.67. The summed E-state index contributed by atoms with van der Waals surface area (Å²) in [5, 5.41) is 10.7. The van der Waals surface area contributed by atoms with Crippen LogP contribution in [-0.4, -0.2) is 51.3 Å². The fraction of sp³-hybridized carbons (Fsp3) is 0.667. The van der Waals surface area contributed by atoms with Crippen molar-refractivity contribution in [1.29, 1.82) is 0 Å². The van der Waals surface area contributed by atoms with Crippen LogP contribution in [0.25, 0.3) is 0 Å². The molecule has 1 aromatic heterocycles. The molecular weight excluding hydrogens is 246 g/mol. The summed E-state index contributed by atoms with van der Waals surface area (Å²) in [6.07, 6.45) is 4.07. The molecule has 0 aromatic carbocycles. The van der Waals surface area contributed by atoms with Crippen LogP contribution in [0.4, 0.5) is 0 Å². The number of nitrogens with zero attached hydrogens (tertiary/aromatic N) is 4. The molecule has 3 rings (SSSR count). The van der Waals surface area contributed by atoms with Gasteiger partial charge in [0.1, 0.15) is 0 Å². The van der Waals surface area contributed by atoms with Gasteiger partial charge in [0.25, 0.3) is 5.91 Å². The number of amides is 2. The van der Waals surface area contributed by atoms with Gasteiger partial charge in [0.15, 0.2) is 5.69 Å². The highest BCUT2D eigenvalue weighted by molar-refractivity contribution is 5.91. The molecule has 0 atom stereocenters. The standard InChI is InChI=1S/C12H17N5O2/c1-8(18)16-5-10(6-16)17-7-11(14-15-17)12(19)13-4-9-2-3-9/h7,9-10H,2-6H2,1H3,(H,13,19). The molecule has 7 heteroatoms. The fourth-order valence-electron chi connectivity index (χ4n) is 2.09. The molecule has 1 aliphatic heterocycles. The van der Waals surface area contributed by atoms with Crippen molar-refractivity contribution in [3.05, 3.63) is 11.9 Å². The van der Waals surface area contributed by atoms with Gasteiger partial charge in [-0.3, -0.25) is 9.59 Å². The number of carbonyl (C=O) groups is 2. The molecule has 2 amide bonds. The number of carbonyl (C=O) groups excluding carboxylic acids is 2. The van der Waals surface area contributed by atoms with Crippen LogP contribution in [0.5, 0.6) is 0 Å². The van der Waals surface area contributed by atoms with Crippen LogP contribution in [0, 0.1) is 5.92 Å². The molecule has 102 valence electrons. The lowest BCUT2D eigenvalue weighted by Gasteiger charge is -2.38. The van der Waals surface area contributed by atoms with Crippen LogP contribution < -0.4 is 5.32 Å². The smallest absolute Gasteiger partial charge is 0.273 e. The van der Waals surface area contributed by atoms with Crippen molar-refractivity contribution >= 4 is 11.8 Å². The highest BCUT2D eigenvalue weighted by Gasteiger charge is 2.31. The molecule has 1 aromatic rings. The van der Waals surface area contributed by atoms with E-state index in [-0.39, 0.29) is 17.9 Å². The van der Waals surface area contributed by atoms with Gasteiger partial charge in [0.2, 0.25) is 5.91 Å². The molecular formula is C12H17N5O2. The summed E-state index contributed by atoms with van der Waals surface area (Å²) >= 11 is 0. The van der Waals surface area contributed by atoms with E-state index < -0.39 is 0 Å². The second-order valence-electron chi connectivity index (χ2n) is 5.32. The van der Waals surface area contributed by atoms with E-state index in [2.05, 4.69) is 15.6 Å². The van der Waals surface area contributed by atoms with Crippen molar-refractivity contribution in [2.24, 2.45) is 5.92 Å². The molecule has 0 bridgehead atoms. The molecule has 1 N–H and O–H groups in total. The lowest BCUT2D eigenvalue weighted by molar-refractivity contribution is -0.134. The van der Waals surface area contributed by atoms with E-state index in [1.54, 1.807) is 22.7 Å². The van der Waals surface area contributed by atoms with Crippen molar-refractivity contribution in [2.75, 3.05) is 19.6 Å². The summed E-state index contributed by atoms with van der Waals surface area (Å²) in [5.41, 5.74) is 0.349. The molecule has 2 fully saturated rings. The number of hydrogen-bond acceptors (Lipinski definition) is 4. The van der Waals surface area contributed by atoms with E-state index in [1.807, 2.05) is 0 Å². The van der Waals surface area contributed by atoms with E-state index in [9.17, 15) is 9.59 Å². The molecule has 1 aliphatic carbocycles. The average Bonchev–Trinajstić information content (AvgIpc) is 3.01. The predicted molar refractivity (Wildman–Crippen MR) is 66.4 cm³/mol. The Labute approximate surface area is 110 Å². The summed E-state index contributed by atoms with van der Waals surface area (Å²) in [6, 6.07) is 0.140. The van der Waals surface area contributed by atoms with Gasteiger partial charge in [0.05, 0.1) is 12.2 Å². The Morgan fingerprint density at radius 2 is 2.16 bits per heavy atom. The van der Waals surface area contributed by atoms with Gasteiger partial charge in [-0.1, -0.05) is 5.21 Å². The van der Waals surface area contributed by atoms with E-state index in [1.165, 1.54) is 12.8 Å². The lowest BCUT2D eigenvalue weighted by atomic mass is 10.1. The number of aromatic nitrogens is 3. The highest BCUT2D eigenvalue weighted by Crippen LogP contribution is 2.27. The quantitative estimate of drug-likeness (QED) is 0.817. The van der Waals surface area contributed by atoms with Crippen LogP contribution in [0.3, 0.4) is 0 Å². The molecule has 1 saturated carbocycles. The summed E-state index contributed by atoms with van der Waals surface area (Å²) in [7, 11) is 0. The zero-order chi connectivity index (χ0) is 13.4. The van der Waals surface area contributed by atoms with Crippen molar-refractivity contribution < 1.29 is 9.59 Å². The SMILES string of the molecule is CC(=O)N1CC(n2cc(C(=O)NCC3CC3)nn2)C1. The first-order valence-corrected chi connectivity index (χ1v) is 6.59. The van der Waals surface area contributed by atoms with E-state index in [0.717, 1.165) is 6.54 Å². The van der Waals surface area contributed by atoms with Crippen molar-refractivity contribution in [1.82, 2.24) is 25.2 Å². The third-order valence-electron chi connectivity index (χ3n) is 3.67. The molecule has 0 unspecified atom stereocenters. The Hall–Kier alpha value is -1.92. The zero-order valence-electron chi connectivity index (χ0n) is 10.9. The maximum Gasteiger partial charge on any atom is 0.273 e. The minimum atomic E-state index is -0.166. The van der Waals surface area contributed by atoms with E-state index in [0.29, 0.717) is 24.7 Å². The number of rotatable bonds is 4. The van der Waals surface area contributed by atoms with Gasteiger partial charge in [0, 0.05) is 26.6 Å². The first kappa shape index (κ1) is 12.1. The summed E-state index contributed by atoms with van der Waals surface area (Å²) in [6.45, 7) is 3.56. The molecule has 19 heavy (non-hydrogen) atoms. The monoisotopic (exact) mass is 263 g/mol.